The van der Waals surface area contributed by atoms with E-state index in [0.717, 1.165) is 16.5 Å². The van der Waals surface area contributed by atoms with Gasteiger partial charge in [0.05, 0.1) is 10.6 Å². The van der Waals surface area contributed by atoms with E-state index in [1.54, 1.807) is 30.3 Å². The van der Waals surface area contributed by atoms with Gasteiger partial charge in [-0.2, -0.15) is 11.8 Å². The maximum atomic E-state index is 12.1. The fourth-order valence-corrected chi connectivity index (χ4v) is 4.39. The van der Waals surface area contributed by atoms with Gasteiger partial charge in [-0.3, -0.25) is 4.79 Å². The molecule has 0 aliphatic rings. The van der Waals surface area contributed by atoms with Crippen LogP contribution in [0.25, 0.3) is 10.8 Å². The van der Waals surface area contributed by atoms with Crippen LogP contribution in [0.1, 0.15) is 0 Å². The average molecular weight is 401 g/mol. The Morgan fingerprint density at radius 3 is 2.37 bits per heavy atom. The van der Waals surface area contributed by atoms with Gasteiger partial charge in [-0.25, -0.2) is 13.1 Å². The lowest BCUT2D eigenvalue weighted by molar-refractivity contribution is -0.113. The lowest BCUT2D eigenvalue weighted by Gasteiger charge is -2.08. The van der Waals surface area contributed by atoms with Crippen LogP contribution in [0.4, 0.5) is 5.69 Å². The number of hydrogen-bond acceptors (Lipinski definition) is 4. The number of hydrogen-bond donors (Lipinski definition) is 2. The Hall–Kier alpha value is -2.35. The number of carbonyl (C=O) groups is 1. The van der Waals surface area contributed by atoms with E-state index in [2.05, 4.69) is 10.0 Å². The van der Waals surface area contributed by atoms with Crippen molar-refractivity contribution in [3.05, 3.63) is 72.8 Å². The second kappa shape index (κ2) is 9.03. The zero-order valence-corrected chi connectivity index (χ0v) is 16.2. The van der Waals surface area contributed by atoms with Gasteiger partial charge in [0.1, 0.15) is 0 Å². The summed E-state index contributed by atoms with van der Waals surface area (Å²) in [4.78, 5) is 12.3. The van der Waals surface area contributed by atoms with Crippen LogP contribution in [0.5, 0.6) is 0 Å². The maximum Gasteiger partial charge on any atom is 0.240 e. The van der Waals surface area contributed by atoms with E-state index in [0.29, 0.717) is 5.75 Å². The SMILES string of the molecule is O=C(CSCCNS(=O)(=O)c1ccccc1)Nc1ccc2ccccc2c1. The van der Waals surface area contributed by atoms with E-state index in [1.807, 2.05) is 42.5 Å². The van der Waals surface area contributed by atoms with Gasteiger partial charge in [-0.1, -0.05) is 48.5 Å². The molecular formula is C20H20N2O3S2. The number of anilines is 1. The first-order chi connectivity index (χ1) is 13.0. The Morgan fingerprint density at radius 1 is 0.889 bits per heavy atom. The van der Waals surface area contributed by atoms with Crippen LogP contribution in [0, 0.1) is 0 Å². The van der Waals surface area contributed by atoms with Gasteiger partial charge in [0.2, 0.25) is 15.9 Å². The fraction of sp³-hybridized carbons (Fsp3) is 0.150. The predicted molar refractivity (Wildman–Crippen MR) is 112 cm³/mol. The number of benzene rings is 3. The van der Waals surface area contributed by atoms with E-state index >= 15 is 0 Å². The second-order valence-electron chi connectivity index (χ2n) is 5.87. The molecule has 0 atom stereocenters. The molecule has 0 bridgehead atoms. The molecule has 0 fully saturated rings. The number of thioether (sulfide) groups is 1. The molecule has 27 heavy (non-hydrogen) atoms. The summed E-state index contributed by atoms with van der Waals surface area (Å²) in [6, 6.07) is 22.0. The molecule has 0 aliphatic heterocycles. The number of rotatable bonds is 8. The lowest BCUT2D eigenvalue weighted by atomic mass is 10.1. The summed E-state index contributed by atoms with van der Waals surface area (Å²) in [5.41, 5.74) is 0.754. The van der Waals surface area contributed by atoms with Crippen LogP contribution in [-0.2, 0) is 14.8 Å². The molecule has 0 aromatic heterocycles. The third-order valence-corrected chi connectivity index (χ3v) is 6.29. The molecule has 0 radical (unpaired) electrons. The normalized spacial score (nSPS) is 11.4. The highest BCUT2D eigenvalue weighted by molar-refractivity contribution is 8.00. The summed E-state index contributed by atoms with van der Waals surface area (Å²) in [6.45, 7) is 0.269. The largest absolute Gasteiger partial charge is 0.325 e. The van der Waals surface area contributed by atoms with E-state index in [-0.39, 0.29) is 23.1 Å². The standard InChI is InChI=1S/C20H20N2O3S2/c23-20(22-18-11-10-16-6-4-5-7-17(16)14-18)15-26-13-12-21-27(24,25)19-8-2-1-3-9-19/h1-11,14,21H,12-13,15H2,(H,22,23). The topological polar surface area (TPSA) is 75.3 Å². The molecule has 5 nitrogen and oxygen atoms in total. The molecule has 2 N–H and O–H groups in total. The first-order valence-corrected chi connectivity index (χ1v) is 11.1. The molecule has 3 aromatic carbocycles. The number of carbonyl (C=O) groups excluding carboxylic acids is 1. The Labute approximate surface area is 163 Å². The summed E-state index contributed by atoms with van der Waals surface area (Å²) < 4.78 is 26.7. The van der Waals surface area contributed by atoms with Crippen molar-refractivity contribution in [2.75, 3.05) is 23.4 Å². The summed E-state index contributed by atoms with van der Waals surface area (Å²) in [7, 11) is -3.49. The van der Waals surface area contributed by atoms with Crippen LogP contribution in [0.3, 0.4) is 0 Å². The molecule has 0 saturated carbocycles. The molecule has 0 heterocycles. The van der Waals surface area contributed by atoms with Crippen molar-refractivity contribution < 1.29 is 13.2 Å². The monoisotopic (exact) mass is 400 g/mol. The highest BCUT2D eigenvalue weighted by Crippen LogP contribution is 2.19. The minimum Gasteiger partial charge on any atom is -0.325 e. The summed E-state index contributed by atoms with van der Waals surface area (Å²) >= 11 is 1.38. The lowest BCUT2D eigenvalue weighted by Crippen LogP contribution is -2.26. The molecule has 0 saturated heterocycles. The highest BCUT2D eigenvalue weighted by atomic mass is 32.2. The van der Waals surface area contributed by atoms with Crippen LogP contribution in [-0.4, -0.2) is 32.4 Å². The molecule has 0 unspecified atom stereocenters. The van der Waals surface area contributed by atoms with Crippen molar-refractivity contribution in [3.63, 3.8) is 0 Å². The van der Waals surface area contributed by atoms with E-state index < -0.39 is 10.0 Å². The van der Waals surface area contributed by atoms with Gasteiger partial charge < -0.3 is 5.32 Å². The molecular weight excluding hydrogens is 380 g/mol. The number of amides is 1. The first kappa shape index (κ1) is 19.4. The Bertz CT molecular complexity index is 1020. The summed E-state index contributed by atoms with van der Waals surface area (Å²) in [5.74, 6) is 0.665. The Kier molecular flexibility index (Phi) is 6.49. The van der Waals surface area contributed by atoms with Crippen LogP contribution in [0.2, 0.25) is 0 Å². The van der Waals surface area contributed by atoms with Crippen LogP contribution in [0.15, 0.2) is 77.7 Å². The zero-order chi connectivity index (χ0) is 19.1. The van der Waals surface area contributed by atoms with Gasteiger partial charge in [-0.05, 0) is 35.0 Å². The summed E-state index contributed by atoms with van der Waals surface area (Å²) in [5, 5.41) is 5.06. The molecule has 1 amide bonds. The van der Waals surface area contributed by atoms with E-state index in [1.165, 1.54) is 11.8 Å². The van der Waals surface area contributed by atoms with Crippen molar-refractivity contribution in [1.29, 1.82) is 0 Å². The number of fused-ring (bicyclic) bond motifs is 1. The molecule has 3 rings (SSSR count). The van der Waals surface area contributed by atoms with Gasteiger partial charge in [0.15, 0.2) is 0 Å². The van der Waals surface area contributed by atoms with Gasteiger partial charge in [0.25, 0.3) is 0 Å². The second-order valence-corrected chi connectivity index (χ2v) is 8.75. The van der Waals surface area contributed by atoms with Crippen molar-refractivity contribution in [1.82, 2.24) is 4.72 Å². The number of sulfonamides is 1. The molecule has 0 spiro atoms. The zero-order valence-electron chi connectivity index (χ0n) is 14.6. The molecule has 0 aliphatic carbocycles. The molecule has 140 valence electrons. The van der Waals surface area contributed by atoms with Crippen molar-refractivity contribution in [2.45, 2.75) is 4.90 Å². The Morgan fingerprint density at radius 2 is 1.59 bits per heavy atom. The fourth-order valence-electron chi connectivity index (χ4n) is 2.56. The van der Waals surface area contributed by atoms with E-state index in [4.69, 9.17) is 0 Å². The molecule has 3 aromatic rings. The third kappa shape index (κ3) is 5.56. The third-order valence-electron chi connectivity index (χ3n) is 3.86. The minimum absolute atomic E-state index is 0.110. The number of nitrogens with one attached hydrogen (secondary N) is 2. The average Bonchev–Trinajstić information content (AvgIpc) is 2.68. The predicted octanol–water partition coefficient (Wildman–Crippen LogP) is 3.49. The van der Waals surface area contributed by atoms with Gasteiger partial charge in [-0.15, -0.1) is 0 Å². The molecule has 7 heteroatoms. The smallest absolute Gasteiger partial charge is 0.240 e. The Balaban J connectivity index is 1.41. The quantitative estimate of drug-likeness (QED) is 0.568. The van der Waals surface area contributed by atoms with Crippen LogP contribution >= 0.6 is 11.8 Å². The first-order valence-electron chi connectivity index (χ1n) is 8.46. The van der Waals surface area contributed by atoms with Crippen molar-refractivity contribution in [2.24, 2.45) is 0 Å². The maximum absolute atomic E-state index is 12.1. The minimum atomic E-state index is -3.49. The van der Waals surface area contributed by atoms with Crippen molar-refractivity contribution in [3.8, 4) is 0 Å². The van der Waals surface area contributed by atoms with E-state index in [9.17, 15) is 13.2 Å². The van der Waals surface area contributed by atoms with Crippen LogP contribution < -0.4 is 10.0 Å². The summed E-state index contributed by atoms with van der Waals surface area (Å²) in [6.07, 6.45) is 0. The van der Waals surface area contributed by atoms with Crippen molar-refractivity contribution >= 4 is 44.2 Å². The highest BCUT2D eigenvalue weighted by Gasteiger charge is 2.12. The van der Waals surface area contributed by atoms with Gasteiger partial charge >= 0.3 is 0 Å². The van der Waals surface area contributed by atoms with Gasteiger partial charge in [0, 0.05) is 18.0 Å².